The van der Waals surface area contributed by atoms with Crippen LogP contribution in [-0.4, -0.2) is 52.3 Å². The van der Waals surface area contributed by atoms with Gasteiger partial charge in [0.2, 0.25) is 0 Å². The second kappa shape index (κ2) is 6.98. The Labute approximate surface area is 141 Å². The Bertz CT molecular complexity index is 698. The first-order valence-corrected chi connectivity index (χ1v) is 8.36. The molecule has 1 aliphatic rings. The first-order valence-electron chi connectivity index (χ1n) is 8.36. The molecule has 0 bridgehead atoms. The SMILES string of the molecule is Cc1noc(C(C)C)c1C(=O)N1CCCN(c2cccnn2)CC1. The molecule has 1 aliphatic heterocycles. The van der Waals surface area contributed by atoms with Crippen LogP contribution in [0.1, 0.15) is 48.0 Å². The summed E-state index contributed by atoms with van der Waals surface area (Å²) in [6.45, 7) is 8.82. The summed E-state index contributed by atoms with van der Waals surface area (Å²) in [5, 5.41) is 12.1. The first kappa shape index (κ1) is 16.4. The van der Waals surface area contributed by atoms with E-state index < -0.39 is 0 Å². The number of hydrogen-bond acceptors (Lipinski definition) is 6. The van der Waals surface area contributed by atoms with Crippen molar-refractivity contribution in [1.29, 1.82) is 0 Å². The van der Waals surface area contributed by atoms with Gasteiger partial charge in [0.1, 0.15) is 5.56 Å². The molecule has 3 heterocycles. The van der Waals surface area contributed by atoms with E-state index in [0.717, 1.165) is 31.9 Å². The van der Waals surface area contributed by atoms with Crippen molar-refractivity contribution in [2.75, 3.05) is 31.1 Å². The second-order valence-electron chi connectivity index (χ2n) is 6.38. The van der Waals surface area contributed by atoms with Gasteiger partial charge in [0, 0.05) is 38.3 Å². The molecule has 0 saturated carbocycles. The van der Waals surface area contributed by atoms with Crippen molar-refractivity contribution in [3.05, 3.63) is 35.3 Å². The zero-order valence-corrected chi connectivity index (χ0v) is 14.4. The van der Waals surface area contributed by atoms with Crippen LogP contribution in [0.15, 0.2) is 22.9 Å². The zero-order valence-electron chi connectivity index (χ0n) is 14.4. The molecule has 2 aromatic heterocycles. The number of aryl methyl sites for hydroxylation is 1. The van der Waals surface area contributed by atoms with Gasteiger partial charge in [0.25, 0.3) is 5.91 Å². The van der Waals surface area contributed by atoms with Gasteiger partial charge in [-0.2, -0.15) is 5.10 Å². The summed E-state index contributed by atoms with van der Waals surface area (Å²) in [6, 6.07) is 3.83. The van der Waals surface area contributed by atoms with Gasteiger partial charge in [-0.05, 0) is 25.5 Å². The second-order valence-corrected chi connectivity index (χ2v) is 6.38. The van der Waals surface area contributed by atoms with Crippen molar-refractivity contribution in [3.63, 3.8) is 0 Å². The smallest absolute Gasteiger partial charge is 0.259 e. The predicted octanol–water partition coefficient (Wildman–Crippen LogP) is 2.25. The fourth-order valence-electron chi connectivity index (χ4n) is 3.01. The number of nitrogens with zero attached hydrogens (tertiary/aromatic N) is 5. The largest absolute Gasteiger partial charge is 0.360 e. The van der Waals surface area contributed by atoms with E-state index in [0.29, 0.717) is 23.6 Å². The molecule has 1 amide bonds. The van der Waals surface area contributed by atoms with Crippen molar-refractivity contribution < 1.29 is 9.32 Å². The molecule has 1 fully saturated rings. The van der Waals surface area contributed by atoms with Gasteiger partial charge in [-0.25, -0.2) is 0 Å². The molecule has 0 unspecified atom stereocenters. The van der Waals surface area contributed by atoms with Crippen LogP contribution < -0.4 is 4.90 Å². The molecule has 7 heteroatoms. The summed E-state index contributed by atoms with van der Waals surface area (Å²) < 4.78 is 5.36. The lowest BCUT2D eigenvalue weighted by atomic mass is 10.0. The maximum atomic E-state index is 13.0. The Morgan fingerprint density at radius 1 is 1.25 bits per heavy atom. The summed E-state index contributed by atoms with van der Waals surface area (Å²) in [6.07, 6.45) is 2.56. The highest BCUT2D eigenvalue weighted by Crippen LogP contribution is 2.24. The number of carbonyl (C=O) groups excluding carboxylic acids is 1. The molecule has 1 saturated heterocycles. The Morgan fingerprint density at radius 2 is 2.08 bits per heavy atom. The summed E-state index contributed by atoms with van der Waals surface area (Å²) in [7, 11) is 0. The van der Waals surface area contributed by atoms with E-state index >= 15 is 0 Å². The Morgan fingerprint density at radius 3 is 2.79 bits per heavy atom. The van der Waals surface area contributed by atoms with Gasteiger partial charge in [0.05, 0.1) is 5.69 Å². The molecule has 0 aromatic carbocycles. The molecule has 2 aromatic rings. The van der Waals surface area contributed by atoms with E-state index in [1.54, 1.807) is 6.20 Å². The Balaban J connectivity index is 1.75. The van der Waals surface area contributed by atoms with E-state index in [1.807, 2.05) is 37.8 Å². The molecule has 128 valence electrons. The minimum absolute atomic E-state index is 0.0124. The molecule has 0 N–H and O–H groups in total. The summed E-state index contributed by atoms with van der Waals surface area (Å²) in [4.78, 5) is 17.0. The molecule has 0 radical (unpaired) electrons. The molecule has 3 rings (SSSR count). The van der Waals surface area contributed by atoms with Crippen LogP contribution in [0.4, 0.5) is 5.82 Å². The number of amides is 1. The third-order valence-corrected chi connectivity index (χ3v) is 4.29. The average Bonchev–Trinajstić information content (AvgIpc) is 2.82. The molecule has 0 atom stereocenters. The molecule has 24 heavy (non-hydrogen) atoms. The van der Waals surface area contributed by atoms with Crippen molar-refractivity contribution in [3.8, 4) is 0 Å². The van der Waals surface area contributed by atoms with Crippen molar-refractivity contribution in [2.24, 2.45) is 0 Å². The van der Waals surface area contributed by atoms with Gasteiger partial charge in [-0.1, -0.05) is 19.0 Å². The maximum absolute atomic E-state index is 13.0. The number of hydrogen-bond donors (Lipinski definition) is 0. The van der Waals surface area contributed by atoms with Gasteiger partial charge >= 0.3 is 0 Å². The van der Waals surface area contributed by atoms with Crippen molar-refractivity contribution in [1.82, 2.24) is 20.3 Å². The van der Waals surface area contributed by atoms with E-state index in [1.165, 1.54) is 0 Å². The summed E-state index contributed by atoms with van der Waals surface area (Å²) >= 11 is 0. The normalized spacial score (nSPS) is 15.7. The average molecular weight is 329 g/mol. The fraction of sp³-hybridized carbons (Fsp3) is 0.529. The van der Waals surface area contributed by atoms with E-state index in [9.17, 15) is 4.79 Å². The van der Waals surface area contributed by atoms with Crippen molar-refractivity contribution in [2.45, 2.75) is 33.1 Å². The zero-order chi connectivity index (χ0) is 17.1. The Hall–Kier alpha value is -2.44. The van der Waals surface area contributed by atoms with Crippen LogP contribution in [0.5, 0.6) is 0 Å². The van der Waals surface area contributed by atoms with Crippen LogP contribution in [-0.2, 0) is 0 Å². The molecule has 0 aliphatic carbocycles. The van der Waals surface area contributed by atoms with Crippen LogP contribution in [0, 0.1) is 6.92 Å². The topological polar surface area (TPSA) is 75.4 Å². The predicted molar refractivity (Wildman–Crippen MR) is 90.1 cm³/mol. The highest BCUT2D eigenvalue weighted by molar-refractivity contribution is 5.96. The fourth-order valence-corrected chi connectivity index (χ4v) is 3.01. The van der Waals surface area contributed by atoms with Gasteiger partial charge < -0.3 is 14.3 Å². The summed E-state index contributed by atoms with van der Waals surface area (Å²) in [5.41, 5.74) is 1.29. The first-order chi connectivity index (χ1) is 11.6. The van der Waals surface area contributed by atoms with Crippen LogP contribution in [0.2, 0.25) is 0 Å². The Kier molecular flexibility index (Phi) is 4.78. The lowest BCUT2D eigenvalue weighted by molar-refractivity contribution is 0.0763. The third-order valence-electron chi connectivity index (χ3n) is 4.29. The lowest BCUT2D eigenvalue weighted by Gasteiger charge is -2.22. The minimum Gasteiger partial charge on any atom is -0.360 e. The van der Waals surface area contributed by atoms with Gasteiger partial charge in [0.15, 0.2) is 11.6 Å². The standard InChI is InChI=1S/C17H23N5O2/c1-12(2)16-15(13(3)20-24-16)17(23)22-9-5-8-21(10-11-22)14-6-4-7-18-19-14/h4,6-7,12H,5,8-11H2,1-3H3. The van der Waals surface area contributed by atoms with E-state index in [4.69, 9.17) is 4.52 Å². The molecule has 7 nitrogen and oxygen atoms in total. The lowest BCUT2D eigenvalue weighted by Crippen LogP contribution is -2.36. The number of rotatable bonds is 3. The van der Waals surface area contributed by atoms with E-state index in [-0.39, 0.29) is 11.8 Å². The van der Waals surface area contributed by atoms with Crippen LogP contribution >= 0.6 is 0 Å². The monoisotopic (exact) mass is 329 g/mol. The van der Waals surface area contributed by atoms with E-state index in [2.05, 4.69) is 20.3 Å². The number of carbonyl (C=O) groups is 1. The minimum atomic E-state index is 0.0124. The third kappa shape index (κ3) is 3.25. The van der Waals surface area contributed by atoms with Crippen LogP contribution in [0.3, 0.4) is 0 Å². The molecular weight excluding hydrogens is 306 g/mol. The summed E-state index contributed by atoms with van der Waals surface area (Å²) in [5.74, 6) is 1.68. The van der Waals surface area contributed by atoms with Crippen molar-refractivity contribution >= 4 is 11.7 Å². The van der Waals surface area contributed by atoms with Crippen LogP contribution in [0.25, 0.3) is 0 Å². The highest BCUT2D eigenvalue weighted by atomic mass is 16.5. The number of anilines is 1. The maximum Gasteiger partial charge on any atom is 0.259 e. The molecule has 0 spiro atoms. The van der Waals surface area contributed by atoms with Gasteiger partial charge in [-0.3, -0.25) is 4.79 Å². The number of aromatic nitrogens is 3. The molecular formula is C17H23N5O2. The highest BCUT2D eigenvalue weighted by Gasteiger charge is 2.28. The van der Waals surface area contributed by atoms with Gasteiger partial charge in [-0.15, -0.1) is 5.10 Å². The quantitative estimate of drug-likeness (QED) is 0.860.